The molecule has 1 aromatic carbocycles. The molecule has 6 nitrogen and oxygen atoms in total. The highest BCUT2D eigenvalue weighted by Gasteiger charge is 2.48. The number of hydrogen-bond acceptors (Lipinski definition) is 5. The molecule has 7 heteroatoms. The molecular formula is C17H24FN3O3. The molecule has 24 heavy (non-hydrogen) atoms. The summed E-state index contributed by atoms with van der Waals surface area (Å²) in [6.07, 6.45) is 2.88. The number of benzene rings is 1. The first-order valence-corrected chi connectivity index (χ1v) is 8.41. The molecular weight excluding hydrogens is 313 g/mol. The van der Waals surface area contributed by atoms with Crippen LogP contribution in [0.4, 0.5) is 10.1 Å². The van der Waals surface area contributed by atoms with Gasteiger partial charge in [-0.2, -0.15) is 0 Å². The molecule has 3 rings (SSSR count). The van der Waals surface area contributed by atoms with E-state index in [1.54, 1.807) is 0 Å². The highest BCUT2D eigenvalue weighted by Crippen LogP contribution is 2.41. The van der Waals surface area contributed by atoms with Gasteiger partial charge in [-0.3, -0.25) is 5.32 Å². The maximum atomic E-state index is 12.4. The van der Waals surface area contributed by atoms with Gasteiger partial charge in [-0.25, -0.2) is 9.18 Å². The van der Waals surface area contributed by atoms with Crippen LogP contribution in [0, 0.1) is 0 Å². The number of carboxylic acid groups (broad SMARTS) is 1. The van der Waals surface area contributed by atoms with E-state index < -0.39 is 18.3 Å². The standard InChI is InChI=1S/C17H24FN3O3/c18-6-10-24-12-3-4-15(21-8-1-2-9-21)13(11-12)14-5-7-20-17(14,19)16(22)23/h3-4,11,14,20H,1-2,5-10,19H2,(H,22,23)/t14?,17-/m0/s1. The lowest BCUT2D eigenvalue weighted by molar-refractivity contribution is -0.144. The molecule has 0 aliphatic carbocycles. The van der Waals surface area contributed by atoms with Crippen molar-refractivity contribution in [1.29, 1.82) is 0 Å². The van der Waals surface area contributed by atoms with Crippen LogP contribution in [0.5, 0.6) is 5.75 Å². The number of nitrogens with one attached hydrogen (secondary N) is 1. The minimum Gasteiger partial charge on any atom is -0.491 e. The average Bonchev–Trinajstić information content (AvgIpc) is 3.23. The normalized spacial score (nSPS) is 26.8. The van der Waals surface area contributed by atoms with Crippen molar-refractivity contribution in [2.45, 2.75) is 30.8 Å². The topological polar surface area (TPSA) is 87.8 Å². The molecule has 4 N–H and O–H groups in total. The molecule has 2 aliphatic heterocycles. The van der Waals surface area contributed by atoms with Gasteiger partial charge in [0, 0.05) is 24.7 Å². The second-order valence-corrected chi connectivity index (χ2v) is 6.39. The van der Waals surface area contributed by atoms with E-state index in [0.717, 1.165) is 37.2 Å². The summed E-state index contributed by atoms with van der Waals surface area (Å²) in [6.45, 7) is 1.86. The summed E-state index contributed by atoms with van der Waals surface area (Å²) < 4.78 is 17.8. The predicted octanol–water partition coefficient (Wildman–Crippen LogP) is 1.45. The van der Waals surface area contributed by atoms with Crippen LogP contribution in [0.2, 0.25) is 0 Å². The van der Waals surface area contributed by atoms with E-state index in [1.807, 2.05) is 18.2 Å². The van der Waals surface area contributed by atoms with Gasteiger partial charge in [0.25, 0.3) is 0 Å². The van der Waals surface area contributed by atoms with E-state index in [1.165, 1.54) is 0 Å². The highest BCUT2D eigenvalue weighted by molar-refractivity contribution is 5.81. The number of carboxylic acids is 1. The van der Waals surface area contributed by atoms with Gasteiger partial charge in [0.15, 0.2) is 5.66 Å². The van der Waals surface area contributed by atoms with Gasteiger partial charge in [-0.15, -0.1) is 0 Å². The number of anilines is 1. The second-order valence-electron chi connectivity index (χ2n) is 6.39. The lowest BCUT2D eigenvalue weighted by Crippen LogP contribution is -2.59. The predicted molar refractivity (Wildman–Crippen MR) is 89.3 cm³/mol. The summed E-state index contributed by atoms with van der Waals surface area (Å²) in [7, 11) is 0. The average molecular weight is 337 g/mol. The first-order chi connectivity index (χ1) is 11.6. The third-order valence-corrected chi connectivity index (χ3v) is 4.92. The van der Waals surface area contributed by atoms with Gasteiger partial charge in [-0.05, 0) is 49.6 Å². The van der Waals surface area contributed by atoms with Gasteiger partial charge in [0.05, 0.1) is 0 Å². The summed E-state index contributed by atoms with van der Waals surface area (Å²) in [5.41, 5.74) is 6.54. The Hall–Kier alpha value is -1.86. The number of nitrogens with zero attached hydrogens (tertiary/aromatic N) is 1. The first kappa shape index (κ1) is 17.0. The van der Waals surface area contributed by atoms with Crippen LogP contribution in [0.15, 0.2) is 18.2 Å². The first-order valence-electron chi connectivity index (χ1n) is 8.41. The Labute approximate surface area is 140 Å². The third kappa shape index (κ3) is 3.06. The van der Waals surface area contributed by atoms with E-state index in [2.05, 4.69) is 10.2 Å². The molecule has 2 heterocycles. The summed E-state index contributed by atoms with van der Waals surface area (Å²) >= 11 is 0. The Kier molecular flexibility index (Phi) is 4.91. The summed E-state index contributed by atoms with van der Waals surface area (Å²) in [6, 6.07) is 5.58. The van der Waals surface area contributed by atoms with Crippen molar-refractivity contribution in [2.24, 2.45) is 5.73 Å². The number of aliphatic carboxylic acids is 1. The summed E-state index contributed by atoms with van der Waals surface area (Å²) in [5, 5.41) is 12.5. The number of rotatable bonds is 6. The van der Waals surface area contributed by atoms with Crippen molar-refractivity contribution in [3.05, 3.63) is 23.8 Å². The minimum absolute atomic E-state index is 0.0158. The minimum atomic E-state index is -1.49. The smallest absolute Gasteiger partial charge is 0.339 e. The van der Waals surface area contributed by atoms with Crippen LogP contribution in [0.25, 0.3) is 0 Å². The largest absolute Gasteiger partial charge is 0.491 e. The quantitative estimate of drug-likeness (QED) is 0.728. The Bertz CT molecular complexity index is 607. The molecule has 2 saturated heterocycles. The van der Waals surface area contributed by atoms with E-state index >= 15 is 0 Å². The number of hydrogen-bond donors (Lipinski definition) is 3. The number of alkyl halides is 1. The van der Waals surface area contributed by atoms with Gasteiger partial charge in [0.2, 0.25) is 0 Å². The maximum absolute atomic E-state index is 12.4. The zero-order valence-electron chi connectivity index (χ0n) is 13.6. The molecule has 132 valence electrons. The van der Waals surface area contributed by atoms with Crippen LogP contribution in [-0.4, -0.2) is 49.7 Å². The van der Waals surface area contributed by atoms with Crippen molar-refractivity contribution in [3.63, 3.8) is 0 Å². The molecule has 0 bridgehead atoms. The van der Waals surface area contributed by atoms with Crippen molar-refractivity contribution >= 4 is 11.7 Å². The Morgan fingerprint density at radius 3 is 2.88 bits per heavy atom. The van der Waals surface area contributed by atoms with Crippen LogP contribution in [0.1, 0.15) is 30.7 Å². The molecule has 1 aromatic rings. The second kappa shape index (κ2) is 6.94. The van der Waals surface area contributed by atoms with Crippen LogP contribution in [-0.2, 0) is 4.79 Å². The van der Waals surface area contributed by atoms with E-state index in [-0.39, 0.29) is 12.5 Å². The van der Waals surface area contributed by atoms with E-state index in [0.29, 0.717) is 18.7 Å². The third-order valence-electron chi connectivity index (χ3n) is 4.92. The molecule has 2 fully saturated rings. The Balaban J connectivity index is 2.00. The van der Waals surface area contributed by atoms with Crippen molar-refractivity contribution in [2.75, 3.05) is 37.8 Å². The monoisotopic (exact) mass is 337 g/mol. The van der Waals surface area contributed by atoms with Gasteiger partial charge in [-0.1, -0.05) is 0 Å². The molecule has 0 aromatic heterocycles. The fraction of sp³-hybridized carbons (Fsp3) is 0.588. The molecule has 0 radical (unpaired) electrons. The van der Waals surface area contributed by atoms with Crippen LogP contribution in [0.3, 0.4) is 0 Å². The number of nitrogens with two attached hydrogens (primary N) is 1. The summed E-state index contributed by atoms with van der Waals surface area (Å²) in [5.74, 6) is -0.878. The number of carbonyl (C=O) groups is 1. The van der Waals surface area contributed by atoms with Crippen molar-refractivity contribution < 1.29 is 19.0 Å². The SMILES string of the molecule is N[C@]1(C(=O)O)NCCC1c1cc(OCCF)ccc1N1CCCC1. The van der Waals surface area contributed by atoms with Gasteiger partial charge in [0.1, 0.15) is 19.0 Å². The number of ether oxygens (including phenoxy) is 1. The van der Waals surface area contributed by atoms with Gasteiger partial charge >= 0.3 is 5.97 Å². The Morgan fingerprint density at radius 2 is 2.21 bits per heavy atom. The zero-order valence-corrected chi connectivity index (χ0v) is 13.6. The Morgan fingerprint density at radius 1 is 1.46 bits per heavy atom. The van der Waals surface area contributed by atoms with Crippen LogP contribution >= 0.6 is 0 Å². The highest BCUT2D eigenvalue weighted by atomic mass is 19.1. The molecule has 0 saturated carbocycles. The van der Waals surface area contributed by atoms with Gasteiger partial charge < -0.3 is 20.5 Å². The summed E-state index contributed by atoms with van der Waals surface area (Å²) in [4.78, 5) is 14.0. The van der Waals surface area contributed by atoms with Crippen LogP contribution < -0.4 is 20.7 Å². The molecule has 2 aliphatic rings. The van der Waals surface area contributed by atoms with E-state index in [4.69, 9.17) is 10.5 Å². The van der Waals surface area contributed by atoms with Crippen molar-refractivity contribution in [3.8, 4) is 5.75 Å². The van der Waals surface area contributed by atoms with Crippen molar-refractivity contribution in [1.82, 2.24) is 5.32 Å². The zero-order chi connectivity index (χ0) is 17.2. The van der Waals surface area contributed by atoms with E-state index in [9.17, 15) is 14.3 Å². The fourth-order valence-electron chi connectivity index (χ4n) is 3.70. The number of halogens is 1. The molecule has 1 unspecified atom stereocenters. The lowest BCUT2D eigenvalue weighted by atomic mass is 9.85. The molecule has 0 amide bonds. The molecule has 2 atom stereocenters. The lowest BCUT2D eigenvalue weighted by Gasteiger charge is -2.31. The molecule has 0 spiro atoms. The maximum Gasteiger partial charge on any atom is 0.339 e. The fourth-order valence-corrected chi connectivity index (χ4v) is 3.70.